The first kappa shape index (κ1) is 21.9. The molecule has 0 spiro atoms. The second-order valence-corrected chi connectivity index (χ2v) is 8.94. The minimum atomic E-state index is -0.578. The van der Waals surface area contributed by atoms with Crippen molar-refractivity contribution >= 4 is 5.78 Å². The summed E-state index contributed by atoms with van der Waals surface area (Å²) in [6, 6.07) is 7.20. The van der Waals surface area contributed by atoms with E-state index in [1.807, 2.05) is 19.9 Å². The predicted molar refractivity (Wildman–Crippen MR) is 118 cm³/mol. The van der Waals surface area contributed by atoms with Gasteiger partial charge in [0.25, 0.3) is 0 Å². The lowest BCUT2D eigenvalue weighted by Crippen LogP contribution is -2.43. The quantitative estimate of drug-likeness (QED) is 0.611. The average Bonchev–Trinajstić information content (AvgIpc) is 3.27. The normalized spacial score (nSPS) is 22.7. The van der Waals surface area contributed by atoms with E-state index in [1.165, 1.54) is 0 Å². The van der Waals surface area contributed by atoms with E-state index in [-0.39, 0.29) is 25.3 Å². The van der Waals surface area contributed by atoms with Crippen molar-refractivity contribution in [2.24, 2.45) is 0 Å². The molecule has 0 fully saturated rings. The van der Waals surface area contributed by atoms with Gasteiger partial charge in [-0.25, -0.2) is 0 Å². The standard InChI is InChI=1S/C25H28O8/c1-25(2,31-12-27-3)21-9-15-16(32-21)7-6-13-23(26)22-14-8-18(28-4)19(29-5)10-17(14)30-11-20(22)33-24(13)15/h6-8,10,20-22H,9,11-12H2,1-5H3/t20-,21-,22+/m1/s1. The van der Waals surface area contributed by atoms with Gasteiger partial charge in [0.1, 0.15) is 48.5 Å². The Morgan fingerprint density at radius 2 is 1.79 bits per heavy atom. The van der Waals surface area contributed by atoms with Gasteiger partial charge in [-0.1, -0.05) is 0 Å². The number of rotatable bonds is 6. The van der Waals surface area contributed by atoms with E-state index < -0.39 is 17.6 Å². The van der Waals surface area contributed by atoms with E-state index >= 15 is 0 Å². The molecule has 2 aromatic rings. The van der Waals surface area contributed by atoms with Gasteiger partial charge in [-0.3, -0.25) is 4.79 Å². The maximum absolute atomic E-state index is 13.7. The van der Waals surface area contributed by atoms with Gasteiger partial charge in [-0.15, -0.1) is 0 Å². The Kier molecular flexibility index (Phi) is 5.37. The Hall–Kier alpha value is -2.97. The summed E-state index contributed by atoms with van der Waals surface area (Å²) in [6.45, 7) is 4.36. The third-order valence-electron chi connectivity index (χ3n) is 6.64. The number of benzene rings is 2. The van der Waals surface area contributed by atoms with Crippen LogP contribution in [0.4, 0.5) is 0 Å². The van der Waals surface area contributed by atoms with E-state index in [4.69, 9.17) is 33.2 Å². The summed E-state index contributed by atoms with van der Waals surface area (Å²) in [5.41, 5.74) is 1.60. The monoisotopic (exact) mass is 456 g/mol. The smallest absolute Gasteiger partial charge is 0.178 e. The van der Waals surface area contributed by atoms with E-state index in [9.17, 15) is 4.79 Å². The Morgan fingerprint density at radius 3 is 2.52 bits per heavy atom. The van der Waals surface area contributed by atoms with Crippen LogP contribution >= 0.6 is 0 Å². The lowest BCUT2D eigenvalue weighted by Gasteiger charge is -2.37. The van der Waals surface area contributed by atoms with E-state index in [1.54, 1.807) is 39.5 Å². The number of methoxy groups -OCH3 is 3. The lowest BCUT2D eigenvalue weighted by molar-refractivity contribution is -0.149. The number of hydrogen-bond donors (Lipinski definition) is 0. The van der Waals surface area contributed by atoms with Crippen molar-refractivity contribution in [1.82, 2.24) is 0 Å². The highest BCUT2D eigenvalue weighted by Crippen LogP contribution is 2.50. The summed E-state index contributed by atoms with van der Waals surface area (Å²) < 4.78 is 40.3. The number of hydrogen-bond acceptors (Lipinski definition) is 8. The van der Waals surface area contributed by atoms with Crippen molar-refractivity contribution < 1.29 is 38.0 Å². The molecular weight excluding hydrogens is 428 g/mol. The Labute approximate surface area is 192 Å². The van der Waals surface area contributed by atoms with Crippen LogP contribution in [0.1, 0.15) is 41.3 Å². The highest BCUT2D eigenvalue weighted by molar-refractivity contribution is 6.06. The molecule has 8 nitrogen and oxygen atoms in total. The Morgan fingerprint density at radius 1 is 1.03 bits per heavy atom. The molecule has 0 saturated carbocycles. The largest absolute Gasteiger partial charge is 0.493 e. The molecule has 0 bridgehead atoms. The number of fused-ring (bicyclic) bond motifs is 6. The van der Waals surface area contributed by atoms with Crippen LogP contribution in [-0.2, 0) is 15.9 Å². The molecule has 0 saturated heterocycles. The van der Waals surface area contributed by atoms with Crippen molar-refractivity contribution in [3.05, 3.63) is 41.0 Å². The molecule has 3 aliphatic rings. The van der Waals surface area contributed by atoms with Crippen molar-refractivity contribution in [2.45, 2.75) is 44.0 Å². The topological polar surface area (TPSA) is 81.7 Å². The summed E-state index contributed by atoms with van der Waals surface area (Å²) in [5.74, 6) is 2.51. The summed E-state index contributed by atoms with van der Waals surface area (Å²) >= 11 is 0. The molecule has 3 heterocycles. The van der Waals surface area contributed by atoms with Gasteiger partial charge in [0.2, 0.25) is 0 Å². The van der Waals surface area contributed by atoms with Gasteiger partial charge in [0, 0.05) is 30.7 Å². The van der Waals surface area contributed by atoms with Gasteiger partial charge in [-0.2, -0.15) is 0 Å². The molecule has 0 aliphatic carbocycles. The molecule has 3 aliphatic heterocycles. The molecule has 0 N–H and O–H groups in total. The zero-order chi connectivity index (χ0) is 23.3. The van der Waals surface area contributed by atoms with Crippen LogP contribution in [-0.4, -0.2) is 58.3 Å². The number of ketones is 1. The highest BCUT2D eigenvalue weighted by atomic mass is 16.7. The second-order valence-electron chi connectivity index (χ2n) is 8.94. The maximum atomic E-state index is 13.7. The SMILES string of the molecule is COCOC(C)(C)[C@H]1Cc2c(ccc3c2O[C@@H]2COc4cc(OC)c(OC)cc4[C@@H]2C3=O)O1. The molecule has 0 aromatic heterocycles. The average molecular weight is 456 g/mol. The van der Waals surface area contributed by atoms with Crippen molar-refractivity contribution in [3.8, 4) is 28.7 Å². The fraction of sp³-hybridized carbons (Fsp3) is 0.480. The van der Waals surface area contributed by atoms with Gasteiger partial charge < -0.3 is 33.2 Å². The lowest BCUT2D eigenvalue weighted by atomic mass is 9.81. The van der Waals surface area contributed by atoms with Crippen LogP contribution in [0.5, 0.6) is 28.7 Å². The fourth-order valence-electron chi connectivity index (χ4n) is 4.76. The Bertz CT molecular complexity index is 1090. The van der Waals surface area contributed by atoms with Gasteiger partial charge in [0.15, 0.2) is 17.3 Å². The van der Waals surface area contributed by atoms with Gasteiger partial charge in [0.05, 0.1) is 25.7 Å². The van der Waals surface area contributed by atoms with E-state index in [0.717, 1.165) is 11.1 Å². The molecular formula is C25H28O8. The molecule has 33 heavy (non-hydrogen) atoms. The molecule has 0 unspecified atom stereocenters. The summed E-state index contributed by atoms with van der Waals surface area (Å²) in [6.07, 6.45) is -0.105. The molecule has 3 atom stereocenters. The third kappa shape index (κ3) is 3.48. The molecule has 8 heteroatoms. The number of carbonyl (C=O) groups excluding carboxylic acids is 1. The van der Waals surface area contributed by atoms with Gasteiger partial charge in [-0.05, 0) is 32.0 Å². The van der Waals surface area contributed by atoms with Crippen molar-refractivity contribution in [3.63, 3.8) is 0 Å². The summed E-state index contributed by atoms with van der Waals surface area (Å²) in [5, 5.41) is 0. The number of ether oxygens (including phenoxy) is 7. The predicted octanol–water partition coefficient (Wildman–Crippen LogP) is 3.53. The van der Waals surface area contributed by atoms with Crippen LogP contribution in [0.2, 0.25) is 0 Å². The number of Topliss-reactive ketones (excluding diaryl/α,β-unsaturated/α-hetero) is 1. The zero-order valence-electron chi connectivity index (χ0n) is 19.4. The fourth-order valence-corrected chi connectivity index (χ4v) is 4.76. The first-order valence-corrected chi connectivity index (χ1v) is 10.9. The van der Waals surface area contributed by atoms with Crippen LogP contribution < -0.4 is 23.7 Å². The zero-order valence-corrected chi connectivity index (χ0v) is 19.4. The van der Waals surface area contributed by atoms with Crippen molar-refractivity contribution in [1.29, 1.82) is 0 Å². The first-order valence-electron chi connectivity index (χ1n) is 10.9. The van der Waals surface area contributed by atoms with E-state index in [2.05, 4.69) is 0 Å². The maximum Gasteiger partial charge on any atom is 0.178 e. The van der Waals surface area contributed by atoms with Gasteiger partial charge >= 0.3 is 0 Å². The van der Waals surface area contributed by atoms with E-state index in [0.29, 0.717) is 40.7 Å². The molecule has 0 amide bonds. The van der Waals surface area contributed by atoms with Crippen LogP contribution in [0, 0.1) is 0 Å². The van der Waals surface area contributed by atoms with Crippen molar-refractivity contribution in [2.75, 3.05) is 34.7 Å². The van der Waals surface area contributed by atoms with Crippen LogP contribution in [0.15, 0.2) is 24.3 Å². The minimum Gasteiger partial charge on any atom is -0.493 e. The third-order valence-corrected chi connectivity index (χ3v) is 6.64. The summed E-state index contributed by atoms with van der Waals surface area (Å²) in [7, 11) is 4.72. The first-order chi connectivity index (χ1) is 15.9. The van der Waals surface area contributed by atoms with Crippen LogP contribution in [0.3, 0.4) is 0 Å². The minimum absolute atomic E-state index is 0.000775. The number of carbonyl (C=O) groups is 1. The van der Waals surface area contributed by atoms with Crippen LogP contribution in [0.25, 0.3) is 0 Å². The molecule has 0 radical (unpaired) electrons. The summed E-state index contributed by atoms with van der Waals surface area (Å²) in [4.78, 5) is 13.7. The Balaban J connectivity index is 1.49. The molecule has 2 aromatic carbocycles. The second kappa shape index (κ2) is 8.11. The molecule has 176 valence electrons. The molecule has 5 rings (SSSR count). The highest BCUT2D eigenvalue weighted by Gasteiger charge is 2.47.